The number of pyridine rings is 1. The Morgan fingerprint density at radius 1 is 0.595 bits per heavy atom. The third-order valence-corrected chi connectivity index (χ3v) is 8.74. The highest BCUT2D eigenvalue weighted by molar-refractivity contribution is 6.37. The first-order valence-electron chi connectivity index (χ1n) is 13.9. The minimum atomic E-state index is 0.263. The van der Waals surface area contributed by atoms with Gasteiger partial charge in [-0.2, -0.15) is 10.2 Å². The number of aromatic nitrogens is 5. The first kappa shape index (κ1) is 21.7. The zero-order valence-corrected chi connectivity index (χ0v) is 22.1. The predicted molar refractivity (Wildman–Crippen MR) is 169 cm³/mol. The molecule has 0 unspecified atom stereocenters. The van der Waals surface area contributed by atoms with Gasteiger partial charge in [-0.05, 0) is 47.2 Å². The second kappa shape index (κ2) is 7.57. The van der Waals surface area contributed by atoms with Crippen LogP contribution in [-0.2, 0) is 0 Å². The van der Waals surface area contributed by atoms with Crippen molar-refractivity contribution in [2.75, 3.05) is 0 Å². The summed E-state index contributed by atoms with van der Waals surface area (Å²) in [7, 11) is 0. The highest BCUT2D eigenvalue weighted by Crippen LogP contribution is 2.47. The van der Waals surface area contributed by atoms with Crippen molar-refractivity contribution >= 4 is 81.7 Å². The Morgan fingerprint density at radius 3 is 2.19 bits per heavy atom. The van der Waals surface area contributed by atoms with Crippen LogP contribution in [0.2, 0.25) is 0 Å². The minimum Gasteiger partial charge on any atom is -0.308 e. The van der Waals surface area contributed by atoms with E-state index in [9.17, 15) is 5.26 Å². The monoisotopic (exact) mass is 534 g/mol. The lowest BCUT2D eigenvalue weighted by molar-refractivity contribution is 1.000. The maximum Gasteiger partial charge on any atom is 0.236 e. The minimum absolute atomic E-state index is 0.263. The molecular formula is C36H18N6. The van der Waals surface area contributed by atoms with Crippen molar-refractivity contribution in [3.05, 3.63) is 115 Å². The number of hydrogen-bond donors (Lipinski definition) is 0. The molecule has 6 nitrogen and oxygen atoms in total. The summed E-state index contributed by atoms with van der Waals surface area (Å²) in [6.07, 6.45) is 1.67. The molecule has 0 saturated heterocycles. The van der Waals surface area contributed by atoms with Gasteiger partial charge in [0.25, 0.3) is 0 Å². The molecule has 0 aliphatic heterocycles. The number of para-hydroxylation sites is 2. The normalized spacial score (nSPS) is 12.3. The lowest BCUT2D eigenvalue weighted by Crippen LogP contribution is -2.04. The molecule has 5 aromatic carbocycles. The van der Waals surface area contributed by atoms with Crippen LogP contribution in [0.25, 0.3) is 87.7 Å². The molecule has 0 atom stereocenters. The van der Waals surface area contributed by atoms with Crippen LogP contribution < -0.4 is 0 Å². The van der Waals surface area contributed by atoms with Gasteiger partial charge in [0.1, 0.15) is 11.6 Å². The molecule has 5 heterocycles. The van der Waals surface area contributed by atoms with Gasteiger partial charge in [0.15, 0.2) is 5.69 Å². The molecule has 10 rings (SSSR count). The molecule has 0 radical (unpaired) electrons. The molecule has 42 heavy (non-hydrogen) atoms. The maximum atomic E-state index is 10.1. The van der Waals surface area contributed by atoms with Crippen LogP contribution in [0.4, 0.5) is 0 Å². The summed E-state index contributed by atoms with van der Waals surface area (Å²) in [6.45, 7) is 0. The molecule has 0 aliphatic rings. The van der Waals surface area contributed by atoms with E-state index >= 15 is 0 Å². The van der Waals surface area contributed by atoms with Gasteiger partial charge in [0.05, 0.1) is 33.1 Å². The molecule has 0 fully saturated rings. The van der Waals surface area contributed by atoms with Crippen LogP contribution in [0.15, 0.2) is 109 Å². The highest BCUT2D eigenvalue weighted by atomic mass is 15.2. The molecule has 0 saturated carbocycles. The number of nitrogens with zero attached hydrogens (tertiary/aromatic N) is 6. The topological polar surface area (TPSA) is 71.8 Å². The molecule has 10 aromatic rings. The molecule has 0 amide bonds. The maximum absolute atomic E-state index is 10.1. The van der Waals surface area contributed by atoms with E-state index in [0.29, 0.717) is 17.0 Å². The molecule has 0 bridgehead atoms. The van der Waals surface area contributed by atoms with Crippen molar-refractivity contribution in [2.45, 2.75) is 0 Å². The fourth-order valence-electron chi connectivity index (χ4n) is 7.11. The molecule has 5 aromatic heterocycles. The Balaban J connectivity index is 1.55. The van der Waals surface area contributed by atoms with Gasteiger partial charge in [-0.15, -0.1) is 0 Å². The van der Waals surface area contributed by atoms with Gasteiger partial charge in [0.2, 0.25) is 5.95 Å². The smallest absolute Gasteiger partial charge is 0.236 e. The van der Waals surface area contributed by atoms with Crippen LogP contribution in [-0.4, -0.2) is 23.9 Å². The molecular weight excluding hydrogens is 516 g/mol. The van der Waals surface area contributed by atoms with Crippen molar-refractivity contribution in [1.82, 2.24) is 23.9 Å². The van der Waals surface area contributed by atoms with Gasteiger partial charge < -0.3 is 4.40 Å². The number of fused-ring (bicyclic) bond motifs is 13. The third kappa shape index (κ3) is 2.52. The van der Waals surface area contributed by atoms with Gasteiger partial charge in [-0.1, -0.05) is 66.7 Å². The summed E-state index contributed by atoms with van der Waals surface area (Å²) in [5, 5.41) is 19.5. The first-order chi connectivity index (χ1) is 20.8. The van der Waals surface area contributed by atoms with Crippen LogP contribution in [0.5, 0.6) is 0 Å². The summed E-state index contributed by atoms with van der Waals surface area (Å²) in [5.41, 5.74) is 6.98. The number of hydrogen-bond acceptors (Lipinski definition) is 4. The molecule has 0 aliphatic carbocycles. The molecule has 0 spiro atoms. The Labute approximate surface area is 237 Å². The molecule has 192 valence electrons. The summed E-state index contributed by atoms with van der Waals surface area (Å²) >= 11 is 0. The van der Waals surface area contributed by atoms with Gasteiger partial charge in [0, 0.05) is 38.5 Å². The van der Waals surface area contributed by atoms with E-state index in [-0.39, 0.29) is 5.69 Å². The lowest BCUT2D eigenvalue weighted by Gasteiger charge is -2.09. The van der Waals surface area contributed by atoms with E-state index in [1.54, 1.807) is 6.20 Å². The van der Waals surface area contributed by atoms with E-state index in [1.165, 1.54) is 43.5 Å². The SMILES string of the molecule is N#Cc1nc(-n2c3ccccc3c3cc4c5ccccc5n5c6ccc7ccccc7c6c(c32)c45)nc2cccnc12. The Hall–Kier alpha value is -6.06. The quantitative estimate of drug-likeness (QED) is 0.212. The average Bonchev–Trinajstić information content (AvgIpc) is 3.69. The Bertz CT molecular complexity index is 2810. The fourth-order valence-corrected chi connectivity index (χ4v) is 7.11. The van der Waals surface area contributed by atoms with Crippen molar-refractivity contribution in [3.8, 4) is 12.0 Å². The van der Waals surface area contributed by atoms with Crippen molar-refractivity contribution in [1.29, 1.82) is 5.26 Å². The van der Waals surface area contributed by atoms with E-state index in [4.69, 9.17) is 9.97 Å². The van der Waals surface area contributed by atoms with E-state index in [1.807, 2.05) is 18.2 Å². The fraction of sp³-hybridized carbons (Fsp3) is 0. The number of rotatable bonds is 1. The van der Waals surface area contributed by atoms with E-state index in [0.717, 1.165) is 27.2 Å². The standard InChI is InChI=1S/C36H18N6/c37-19-27-33-26(12-7-17-38-33)39-36(40-27)42-29-14-6-4-11-23(29)25-18-24-22-10-3-5-13-28(22)41-30-16-15-20-8-1-2-9-21(20)31(30)32(34(24)41)35(25)42/h1-18H. The van der Waals surface area contributed by atoms with Crippen LogP contribution in [0.3, 0.4) is 0 Å². The summed E-state index contributed by atoms with van der Waals surface area (Å²) < 4.78 is 4.56. The Kier molecular flexibility index (Phi) is 3.91. The second-order valence-electron chi connectivity index (χ2n) is 10.8. The third-order valence-electron chi connectivity index (χ3n) is 8.74. The second-order valence-corrected chi connectivity index (χ2v) is 10.8. The van der Waals surface area contributed by atoms with Crippen molar-refractivity contribution < 1.29 is 0 Å². The highest BCUT2D eigenvalue weighted by Gasteiger charge is 2.26. The van der Waals surface area contributed by atoms with Crippen molar-refractivity contribution in [2.24, 2.45) is 0 Å². The number of nitriles is 1. The van der Waals surface area contributed by atoms with E-state index < -0.39 is 0 Å². The first-order valence-corrected chi connectivity index (χ1v) is 13.9. The van der Waals surface area contributed by atoms with Crippen molar-refractivity contribution in [3.63, 3.8) is 0 Å². The lowest BCUT2D eigenvalue weighted by atomic mass is 10.00. The molecule has 0 N–H and O–H groups in total. The van der Waals surface area contributed by atoms with Gasteiger partial charge in [-0.3, -0.25) is 9.55 Å². The molecule has 6 heteroatoms. The van der Waals surface area contributed by atoms with Gasteiger partial charge >= 0.3 is 0 Å². The van der Waals surface area contributed by atoms with Crippen LogP contribution in [0, 0.1) is 11.3 Å². The number of benzene rings is 5. The predicted octanol–water partition coefficient (Wildman–Crippen LogP) is 8.30. The summed E-state index contributed by atoms with van der Waals surface area (Å²) in [6, 6.07) is 38.4. The van der Waals surface area contributed by atoms with Gasteiger partial charge in [-0.25, -0.2) is 4.98 Å². The zero-order chi connectivity index (χ0) is 27.5. The zero-order valence-electron chi connectivity index (χ0n) is 22.1. The van der Waals surface area contributed by atoms with Crippen LogP contribution >= 0.6 is 0 Å². The summed E-state index contributed by atoms with van der Waals surface area (Å²) in [4.78, 5) is 14.2. The van der Waals surface area contributed by atoms with Crippen LogP contribution in [0.1, 0.15) is 5.69 Å². The summed E-state index contributed by atoms with van der Waals surface area (Å²) in [5.74, 6) is 0.463. The average molecular weight is 535 g/mol. The Morgan fingerprint density at radius 2 is 1.33 bits per heavy atom. The largest absolute Gasteiger partial charge is 0.308 e. The van der Waals surface area contributed by atoms with E-state index in [2.05, 4.69) is 105 Å².